The van der Waals surface area contributed by atoms with Gasteiger partial charge in [0, 0.05) is 24.4 Å². The third kappa shape index (κ3) is 5.59. The Labute approximate surface area is 122 Å². The van der Waals surface area contributed by atoms with Crippen LogP contribution in [0.2, 0.25) is 0 Å². The Balaban J connectivity index is 2.68. The van der Waals surface area contributed by atoms with Gasteiger partial charge in [0.1, 0.15) is 0 Å². The van der Waals surface area contributed by atoms with Gasteiger partial charge in [-0.3, -0.25) is 0 Å². The van der Waals surface area contributed by atoms with Crippen LogP contribution < -0.4 is 5.32 Å². The lowest BCUT2D eigenvalue weighted by Gasteiger charge is -2.16. The number of nitrogens with zero attached hydrogens (tertiary/aromatic N) is 2. The quantitative estimate of drug-likeness (QED) is 0.755. The maximum absolute atomic E-state index is 4.86. The third-order valence-electron chi connectivity index (χ3n) is 3.30. The van der Waals surface area contributed by atoms with E-state index in [-0.39, 0.29) is 0 Å². The Morgan fingerprint density at radius 1 is 1.26 bits per heavy atom. The Bertz CT molecular complexity index is 356. The fraction of sp³-hybridized carbons (Fsp3) is 0.800. The van der Waals surface area contributed by atoms with E-state index < -0.39 is 0 Å². The Morgan fingerprint density at radius 2 is 1.95 bits per heavy atom. The highest BCUT2D eigenvalue weighted by atomic mass is 32.1. The highest BCUT2D eigenvalue weighted by Gasteiger charge is 2.12. The summed E-state index contributed by atoms with van der Waals surface area (Å²) in [6, 6.07) is 0. The topological polar surface area (TPSA) is 28.2 Å². The molecule has 0 spiro atoms. The molecule has 1 N–H and O–H groups in total. The average Bonchev–Trinajstić information content (AvgIpc) is 2.73. The standard InChI is InChI=1S/C15H29N3S/c1-6-18(7-2)9-8-15-17-13(10-12(3)4)14(19-15)11-16-5/h12,16H,6-11H2,1-5H3. The van der Waals surface area contributed by atoms with Crippen molar-refractivity contribution >= 4 is 11.3 Å². The molecule has 110 valence electrons. The van der Waals surface area contributed by atoms with E-state index in [1.165, 1.54) is 15.6 Å². The van der Waals surface area contributed by atoms with E-state index in [0.717, 1.165) is 39.0 Å². The molecule has 0 radical (unpaired) electrons. The van der Waals surface area contributed by atoms with Crippen LogP contribution in [0.5, 0.6) is 0 Å². The number of aromatic nitrogens is 1. The third-order valence-corrected chi connectivity index (χ3v) is 4.46. The summed E-state index contributed by atoms with van der Waals surface area (Å²) in [5.74, 6) is 0.674. The van der Waals surface area contributed by atoms with Crippen molar-refractivity contribution in [3.63, 3.8) is 0 Å². The zero-order chi connectivity index (χ0) is 14.3. The number of hydrogen-bond acceptors (Lipinski definition) is 4. The number of rotatable bonds is 9. The van der Waals surface area contributed by atoms with E-state index in [0.29, 0.717) is 5.92 Å². The van der Waals surface area contributed by atoms with E-state index >= 15 is 0 Å². The van der Waals surface area contributed by atoms with Crippen molar-refractivity contribution in [1.82, 2.24) is 15.2 Å². The van der Waals surface area contributed by atoms with Crippen LogP contribution in [-0.4, -0.2) is 36.6 Å². The molecule has 1 aromatic rings. The van der Waals surface area contributed by atoms with E-state index in [4.69, 9.17) is 4.98 Å². The monoisotopic (exact) mass is 283 g/mol. The molecule has 0 aliphatic rings. The first-order chi connectivity index (χ1) is 9.10. The predicted molar refractivity (Wildman–Crippen MR) is 84.9 cm³/mol. The van der Waals surface area contributed by atoms with Gasteiger partial charge in [0.15, 0.2) is 0 Å². The van der Waals surface area contributed by atoms with Crippen LogP contribution in [0.3, 0.4) is 0 Å². The lowest BCUT2D eigenvalue weighted by atomic mass is 10.1. The summed E-state index contributed by atoms with van der Waals surface area (Å²) in [4.78, 5) is 8.74. The highest BCUT2D eigenvalue weighted by molar-refractivity contribution is 7.11. The van der Waals surface area contributed by atoms with Crippen LogP contribution in [0.4, 0.5) is 0 Å². The summed E-state index contributed by atoms with van der Waals surface area (Å²) in [5, 5.41) is 4.56. The van der Waals surface area contributed by atoms with E-state index in [1.807, 2.05) is 18.4 Å². The molecule has 1 rings (SSSR count). The number of thiazole rings is 1. The van der Waals surface area contributed by atoms with E-state index in [1.54, 1.807) is 0 Å². The first-order valence-corrected chi connectivity index (χ1v) is 8.26. The fourth-order valence-electron chi connectivity index (χ4n) is 2.18. The highest BCUT2D eigenvalue weighted by Crippen LogP contribution is 2.22. The minimum atomic E-state index is 0.674. The van der Waals surface area contributed by atoms with Crippen LogP contribution >= 0.6 is 11.3 Å². The summed E-state index contributed by atoms with van der Waals surface area (Å²) in [7, 11) is 2.01. The second kappa shape index (κ2) is 8.67. The first kappa shape index (κ1) is 16.6. The van der Waals surface area contributed by atoms with Crippen molar-refractivity contribution in [2.24, 2.45) is 5.92 Å². The van der Waals surface area contributed by atoms with Gasteiger partial charge in [-0.05, 0) is 32.5 Å². The zero-order valence-electron chi connectivity index (χ0n) is 13.1. The minimum absolute atomic E-state index is 0.674. The Kier molecular flexibility index (Phi) is 7.57. The smallest absolute Gasteiger partial charge is 0.0944 e. The first-order valence-electron chi connectivity index (χ1n) is 7.45. The SMILES string of the molecule is CCN(CC)CCc1nc(CC(C)C)c(CNC)s1. The van der Waals surface area contributed by atoms with Gasteiger partial charge < -0.3 is 10.2 Å². The zero-order valence-corrected chi connectivity index (χ0v) is 13.9. The maximum Gasteiger partial charge on any atom is 0.0944 e. The average molecular weight is 283 g/mol. The molecule has 0 fully saturated rings. The normalized spacial score (nSPS) is 11.7. The molecular formula is C15H29N3S. The van der Waals surface area contributed by atoms with Crippen LogP contribution in [0.15, 0.2) is 0 Å². The molecule has 0 aliphatic carbocycles. The van der Waals surface area contributed by atoms with Gasteiger partial charge in [0.25, 0.3) is 0 Å². The van der Waals surface area contributed by atoms with Gasteiger partial charge in [-0.2, -0.15) is 0 Å². The summed E-state index contributed by atoms with van der Waals surface area (Å²) in [6.07, 6.45) is 2.18. The van der Waals surface area contributed by atoms with Gasteiger partial charge in [0.2, 0.25) is 0 Å². The van der Waals surface area contributed by atoms with Crippen molar-refractivity contribution in [2.75, 3.05) is 26.7 Å². The summed E-state index contributed by atoms with van der Waals surface area (Å²) >= 11 is 1.89. The molecule has 0 saturated heterocycles. The van der Waals surface area contributed by atoms with E-state index in [9.17, 15) is 0 Å². The Morgan fingerprint density at radius 3 is 2.47 bits per heavy atom. The molecule has 0 aliphatic heterocycles. The minimum Gasteiger partial charge on any atom is -0.315 e. The van der Waals surface area contributed by atoms with Crippen molar-refractivity contribution in [1.29, 1.82) is 0 Å². The largest absolute Gasteiger partial charge is 0.315 e. The Hall–Kier alpha value is -0.450. The molecule has 0 aromatic carbocycles. The summed E-state index contributed by atoms with van der Waals surface area (Å²) in [6.45, 7) is 13.3. The molecule has 0 atom stereocenters. The molecule has 1 aromatic heterocycles. The molecular weight excluding hydrogens is 254 g/mol. The second-order valence-corrected chi connectivity index (χ2v) is 6.55. The van der Waals surface area contributed by atoms with E-state index in [2.05, 4.69) is 37.9 Å². The molecule has 19 heavy (non-hydrogen) atoms. The molecule has 1 heterocycles. The number of likely N-dealkylation sites (N-methyl/N-ethyl adjacent to an activating group) is 1. The van der Waals surface area contributed by atoms with Crippen LogP contribution in [0.25, 0.3) is 0 Å². The van der Waals surface area contributed by atoms with Crippen LogP contribution in [0.1, 0.15) is 43.3 Å². The lowest BCUT2D eigenvalue weighted by Crippen LogP contribution is -2.25. The predicted octanol–water partition coefficient (Wildman–Crippen LogP) is 2.95. The maximum atomic E-state index is 4.86. The van der Waals surface area contributed by atoms with Crippen molar-refractivity contribution < 1.29 is 0 Å². The van der Waals surface area contributed by atoms with Gasteiger partial charge in [-0.1, -0.05) is 27.7 Å². The lowest BCUT2D eigenvalue weighted by molar-refractivity contribution is 0.308. The summed E-state index contributed by atoms with van der Waals surface area (Å²) in [5.41, 5.74) is 1.31. The number of hydrogen-bond donors (Lipinski definition) is 1. The molecule has 0 saturated carbocycles. The summed E-state index contributed by atoms with van der Waals surface area (Å²) < 4.78 is 0. The molecule has 0 unspecified atom stereocenters. The van der Waals surface area contributed by atoms with Gasteiger partial charge >= 0.3 is 0 Å². The fourth-order valence-corrected chi connectivity index (χ4v) is 3.28. The molecule has 0 amide bonds. The number of nitrogens with one attached hydrogen (secondary N) is 1. The molecule has 0 bridgehead atoms. The van der Waals surface area contributed by atoms with Gasteiger partial charge in [-0.25, -0.2) is 4.98 Å². The molecule has 4 heteroatoms. The van der Waals surface area contributed by atoms with Crippen LogP contribution in [-0.2, 0) is 19.4 Å². The molecule has 3 nitrogen and oxygen atoms in total. The van der Waals surface area contributed by atoms with Crippen LogP contribution in [0, 0.1) is 5.92 Å². The van der Waals surface area contributed by atoms with Crippen molar-refractivity contribution in [3.05, 3.63) is 15.6 Å². The second-order valence-electron chi connectivity index (χ2n) is 5.38. The van der Waals surface area contributed by atoms with Crippen molar-refractivity contribution in [3.8, 4) is 0 Å². The van der Waals surface area contributed by atoms with Crippen molar-refractivity contribution in [2.45, 2.75) is 47.1 Å². The van der Waals surface area contributed by atoms with Gasteiger partial charge in [-0.15, -0.1) is 11.3 Å². The van der Waals surface area contributed by atoms with Gasteiger partial charge in [0.05, 0.1) is 10.7 Å².